The van der Waals surface area contributed by atoms with E-state index in [0.717, 1.165) is 58.5 Å². The lowest BCUT2D eigenvalue weighted by atomic mass is 10.0. The highest BCUT2D eigenvalue weighted by atomic mass is 35.5. The molecule has 75 heavy (non-hydrogen) atoms. The highest BCUT2D eigenvalue weighted by Gasteiger charge is 2.40. The molecule has 1 unspecified atom stereocenters. The number of likely N-dealkylation sites (tertiary alicyclic amines) is 1. The number of piperazine rings is 1. The molecule has 6 amide bonds. The van der Waals surface area contributed by atoms with Crippen LogP contribution in [-0.2, 0) is 40.4 Å². The van der Waals surface area contributed by atoms with Crippen molar-refractivity contribution in [3.8, 4) is 23.6 Å². The van der Waals surface area contributed by atoms with Crippen LogP contribution in [0.3, 0.4) is 0 Å². The van der Waals surface area contributed by atoms with Crippen LogP contribution >= 0.6 is 11.6 Å². The lowest BCUT2D eigenvalue weighted by molar-refractivity contribution is -0.137. The third-order valence-electron chi connectivity index (χ3n) is 14.8. The number of benzene rings is 4. The van der Waals surface area contributed by atoms with Gasteiger partial charge in [0.2, 0.25) is 11.8 Å². The first-order chi connectivity index (χ1) is 36.3. The molecule has 3 saturated heterocycles. The summed E-state index contributed by atoms with van der Waals surface area (Å²) in [4.78, 5) is 85.0. The Kier molecular flexibility index (Phi) is 14.7. The molecule has 3 N–H and O–H groups in total. The molecule has 388 valence electrons. The molecular weight excluding hydrogens is 978 g/mol. The maximum absolute atomic E-state index is 14.3. The first-order valence-electron chi connectivity index (χ1n) is 25.2. The molecule has 20 heteroatoms. The first-order valence-corrected chi connectivity index (χ1v) is 25.6. The Morgan fingerprint density at radius 3 is 2.56 bits per heavy atom. The van der Waals surface area contributed by atoms with Crippen LogP contribution in [-0.4, -0.2) is 133 Å². The molecule has 10 rings (SSSR count). The first kappa shape index (κ1) is 50.6. The number of aromatic nitrogens is 2. The molecule has 5 aromatic rings. The number of halogens is 1. The molecule has 4 aromatic carbocycles. The van der Waals surface area contributed by atoms with Crippen LogP contribution in [0.2, 0.25) is 5.02 Å². The molecular formula is C55H58ClN11O8. The number of anilines is 3. The second-order valence-electron chi connectivity index (χ2n) is 19.5. The number of nitrogens with one attached hydrogen (secondary N) is 3. The quantitative estimate of drug-likeness (QED) is 0.0814. The highest BCUT2D eigenvalue weighted by Crippen LogP contribution is 2.38. The Balaban J connectivity index is 0.792. The van der Waals surface area contributed by atoms with E-state index in [2.05, 4.69) is 68.5 Å². The zero-order valence-electron chi connectivity index (χ0n) is 41.9. The van der Waals surface area contributed by atoms with Crippen LogP contribution in [0, 0.1) is 11.3 Å². The summed E-state index contributed by atoms with van der Waals surface area (Å²) < 4.78 is 18.0. The van der Waals surface area contributed by atoms with Gasteiger partial charge in [-0.25, -0.2) is 4.79 Å². The Hall–Kier alpha value is -7.95. The van der Waals surface area contributed by atoms with Crippen LogP contribution in [0.15, 0.2) is 84.9 Å². The third-order valence-corrected chi connectivity index (χ3v) is 15.1. The predicted molar refractivity (Wildman–Crippen MR) is 281 cm³/mol. The molecule has 5 aliphatic rings. The van der Waals surface area contributed by atoms with E-state index in [9.17, 15) is 29.2 Å². The van der Waals surface area contributed by atoms with Gasteiger partial charge >= 0.3 is 12.0 Å². The van der Waals surface area contributed by atoms with E-state index in [1.807, 2.05) is 24.3 Å². The highest BCUT2D eigenvalue weighted by molar-refractivity contribution is 6.36. The minimum absolute atomic E-state index is 0.0721. The number of fused-ring (bicyclic) bond motifs is 3. The predicted octanol–water partition coefficient (Wildman–Crippen LogP) is 5.98. The van der Waals surface area contributed by atoms with Crippen molar-refractivity contribution in [3.63, 3.8) is 0 Å². The molecule has 0 aliphatic carbocycles. The fraction of sp³-hybridized carbons (Fsp3) is 0.382. The summed E-state index contributed by atoms with van der Waals surface area (Å²) in [7, 11) is 3.60. The van der Waals surface area contributed by atoms with Crippen LogP contribution in [0.4, 0.5) is 22.0 Å². The van der Waals surface area contributed by atoms with Gasteiger partial charge < -0.3 is 49.3 Å². The van der Waals surface area contributed by atoms with E-state index in [1.54, 1.807) is 35.2 Å². The lowest BCUT2D eigenvalue weighted by Gasteiger charge is -2.42. The van der Waals surface area contributed by atoms with E-state index in [1.165, 1.54) is 12.0 Å². The van der Waals surface area contributed by atoms with Crippen molar-refractivity contribution in [2.24, 2.45) is 0 Å². The molecule has 0 saturated carbocycles. The Bertz CT molecular complexity index is 3140. The van der Waals surface area contributed by atoms with Gasteiger partial charge in [0.05, 0.1) is 48.6 Å². The minimum atomic E-state index is -0.733. The fourth-order valence-corrected chi connectivity index (χ4v) is 11.1. The Labute approximate surface area is 439 Å². The normalized spacial score (nSPS) is 19.5. The zero-order valence-corrected chi connectivity index (χ0v) is 42.7. The summed E-state index contributed by atoms with van der Waals surface area (Å²) in [6, 6.07) is 23.3. The average molecular weight is 1040 g/mol. The molecule has 0 spiro atoms. The molecule has 3 fully saturated rings. The van der Waals surface area contributed by atoms with Gasteiger partial charge in [-0.2, -0.15) is 15.2 Å². The smallest absolute Gasteiger partial charge is 0.319 e. The maximum Gasteiger partial charge on any atom is 0.319 e. The number of nitriles is 1. The van der Waals surface area contributed by atoms with Gasteiger partial charge in [-0.05, 0) is 86.1 Å². The van der Waals surface area contributed by atoms with Gasteiger partial charge in [0.15, 0.2) is 0 Å². The summed E-state index contributed by atoms with van der Waals surface area (Å²) in [5.41, 5.74) is 5.23. The number of urea groups is 1. The van der Waals surface area contributed by atoms with Crippen molar-refractivity contribution in [3.05, 3.63) is 118 Å². The number of carbonyl (C=O) groups is 5. The monoisotopic (exact) mass is 1040 g/mol. The molecule has 19 nitrogen and oxygen atoms in total. The average Bonchev–Trinajstić information content (AvgIpc) is 3.99. The third kappa shape index (κ3) is 10.7. The number of hydrogen-bond acceptors (Lipinski definition) is 14. The molecule has 1 aromatic heterocycles. The summed E-state index contributed by atoms with van der Waals surface area (Å²) in [6.45, 7) is 7.97. The number of amides is 6. The Morgan fingerprint density at radius 1 is 0.933 bits per heavy atom. The number of hydrogen-bond donors (Lipinski definition) is 3. The Morgan fingerprint density at radius 2 is 1.77 bits per heavy atom. The van der Waals surface area contributed by atoms with E-state index < -0.39 is 24.0 Å². The number of nitrogens with zero attached hydrogens (tertiary/aromatic N) is 8. The molecule has 0 bridgehead atoms. The number of rotatable bonds is 15. The summed E-state index contributed by atoms with van der Waals surface area (Å²) in [5, 5.41) is 20.8. The number of methoxy groups -OCH3 is 1. The zero-order chi connectivity index (χ0) is 52.3. The number of carbonyl (C=O) groups excluding carboxylic acids is 5. The number of ether oxygens (including phenoxy) is 3. The summed E-state index contributed by atoms with van der Waals surface area (Å²) in [5.74, 6) is -0.0266. The molecule has 0 radical (unpaired) electrons. The maximum atomic E-state index is 14.3. The summed E-state index contributed by atoms with van der Waals surface area (Å²) >= 11 is 6.80. The molecule has 5 aliphatic heterocycles. The van der Waals surface area contributed by atoms with Crippen molar-refractivity contribution in [2.45, 2.75) is 76.3 Å². The van der Waals surface area contributed by atoms with Crippen molar-refractivity contribution in [2.75, 3.05) is 75.2 Å². The second-order valence-corrected chi connectivity index (χ2v) is 20.0. The summed E-state index contributed by atoms with van der Waals surface area (Å²) in [6.07, 6.45) is 3.28. The molecule has 6 heterocycles. The van der Waals surface area contributed by atoms with Gasteiger partial charge in [-0.15, -0.1) is 0 Å². The number of likely N-dealkylation sites (N-methyl/N-ethyl adjacent to an activating group) is 1. The van der Waals surface area contributed by atoms with Crippen LogP contribution in [0.1, 0.15) is 64.8 Å². The lowest BCUT2D eigenvalue weighted by Crippen LogP contribution is -2.56. The standard InChI is InChI=1S/C55H58ClN11O8/c1-33(31-74-47-16-13-39(73-3)26-43(47)59-54(72)58-27-34-12-14-40-36(25-34)28-67(53(40)71)46-15-17-48(68)61-51(46)69)52(70)66-24-23-65(29-37(66)18-20-57)50-41-19-22-64(45-11-5-8-35-7-4-10-42(56)49(35)45)30-44(41)60-55(62-50)75-32-38-9-6-21-63(38)2/h4-5,7-8,10-14,16,25-26,37-38,46H,1,6,9,15,17-19,21-24,27-32H2,2-3H3,(H2,58,59,72)(H,61,68,69)/t37-,38-,46?/m0/s1. The SMILES string of the molecule is C=C(COc1ccc(OC)cc1NC(=O)NCc1ccc2c(c1)CN(C1CCC(=O)NC1=O)C2=O)C(=O)N1CCN(c2nc(OC[C@@H]3CCCN3C)nc3c2CCN(c2cccc4cccc(Cl)c24)C3)C[C@@H]1CC#N. The number of imide groups is 1. The van der Waals surface area contributed by atoms with E-state index in [4.69, 9.17) is 35.8 Å². The van der Waals surface area contributed by atoms with E-state index in [0.29, 0.717) is 73.7 Å². The van der Waals surface area contributed by atoms with Gasteiger partial charge in [0, 0.05) is 85.6 Å². The van der Waals surface area contributed by atoms with Gasteiger partial charge in [0.1, 0.15) is 36.6 Å². The van der Waals surface area contributed by atoms with Crippen molar-refractivity contribution < 1.29 is 38.2 Å². The fourth-order valence-electron chi connectivity index (χ4n) is 10.8. The minimum Gasteiger partial charge on any atom is -0.497 e. The topological polar surface area (TPSA) is 215 Å². The van der Waals surface area contributed by atoms with Crippen LogP contribution in [0.25, 0.3) is 10.8 Å². The van der Waals surface area contributed by atoms with Crippen LogP contribution < -0.4 is 40.0 Å². The number of piperidine rings is 1. The van der Waals surface area contributed by atoms with Gasteiger partial charge in [-0.1, -0.05) is 54.6 Å². The van der Waals surface area contributed by atoms with Crippen molar-refractivity contribution in [1.82, 2.24) is 35.3 Å². The largest absolute Gasteiger partial charge is 0.497 e. The van der Waals surface area contributed by atoms with Crippen molar-refractivity contribution >= 4 is 69.2 Å². The molecule has 3 atom stereocenters. The van der Waals surface area contributed by atoms with Crippen LogP contribution in [0.5, 0.6) is 17.5 Å². The van der Waals surface area contributed by atoms with Crippen molar-refractivity contribution in [1.29, 1.82) is 5.26 Å². The van der Waals surface area contributed by atoms with E-state index >= 15 is 0 Å². The second kappa shape index (κ2) is 21.9. The van der Waals surface area contributed by atoms with E-state index in [-0.39, 0.29) is 79.7 Å². The van der Waals surface area contributed by atoms with Gasteiger partial charge in [0.25, 0.3) is 11.8 Å². The van der Waals surface area contributed by atoms with Gasteiger partial charge in [-0.3, -0.25) is 24.5 Å².